The molecule has 3 heterocycles. The number of methoxy groups -OCH3 is 2. The summed E-state index contributed by atoms with van der Waals surface area (Å²) < 4.78 is 34.2. The van der Waals surface area contributed by atoms with E-state index in [0.29, 0.717) is 40.4 Å². The number of ketones is 1. The summed E-state index contributed by atoms with van der Waals surface area (Å²) >= 11 is 0. The summed E-state index contributed by atoms with van der Waals surface area (Å²) in [6.07, 6.45) is 0.461. The third-order valence-corrected chi connectivity index (χ3v) is 7.32. The van der Waals surface area contributed by atoms with Gasteiger partial charge < -0.3 is 39.0 Å². The largest absolute Gasteiger partial charge is 0.492 e. The Hall–Kier alpha value is -4.40. The van der Waals surface area contributed by atoms with Gasteiger partial charge in [-0.15, -0.1) is 0 Å². The zero-order valence-electron chi connectivity index (χ0n) is 23.0. The summed E-state index contributed by atoms with van der Waals surface area (Å²) in [6, 6.07) is 2.15. The maximum Gasteiger partial charge on any atom is 0.356 e. The lowest BCUT2D eigenvalue weighted by Crippen LogP contribution is -2.34. The van der Waals surface area contributed by atoms with Crippen LogP contribution in [0.2, 0.25) is 0 Å². The number of oxime groups is 1. The van der Waals surface area contributed by atoms with Gasteiger partial charge in [0.1, 0.15) is 23.5 Å². The van der Waals surface area contributed by atoms with Gasteiger partial charge in [0.25, 0.3) is 0 Å². The van der Waals surface area contributed by atoms with Crippen molar-refractivity contribution in [2.24, 2.45) is 16.3 Å². The van der Waals surface area contributed by atoms with Gasteiger partial charge in [0.15, 0.2) is 23.0 Å². The second-order valence-corrected chi connectivity index (χ2v) is 10.6. The van der Waals surface area contributed by atoms with Crippen LogP contribution in [-0.4, -0.2) is 51.2 Å². The van der Waals surface area contributed by atoms with Gasteiger partial charge in [-0.3, -0.25) is 4.79 Å². The average molecular weight is 554 g/mol. The van der Waals surface area contributed by atoms with Crippen molar-refractivity contribution in [3.8, 4) is 29.1 Å². The van der Waals surface area contributed by atoms with Gasteiger partial charge in [0.2, 0.25) is 24.2 Å². The number of nitriles is 1. The van der Waals surface area contributed by atoms with Gasteiger partial charge in [0, 0.05) is 42.4 Å². The number of fused-ring (bicyclic) bond motifs is 1. The predicted molar refractivity (Wildman–Crippen MR) is 139 cm³/mol. The predicted octanol–water partition coefficient (Wildman–Crippen LogP) is 3.13. The van der Waals surface area contributed by atoms with Crippen LogP contribution in [0.15, 0.2) is 27.9 Å². The highest BCUT2D eigenvalue weighted by Crippen LogP contribution is 2.58. The first-order valence-electron chi connectivity index (χ1n) is 12.9. The number of allylic oxidation sites excluding steroid dienone is 3. The summed E-state index contributed by atoms with van der Waals surface area (Å²) in [5.41, 5.74) is 7.46. The maximum absolute atomic E-state index is 13.7. The molecule has 40 heavy (non-hydrogen) atoms. The second kappa shape index (κ2) is 10.3. The first-order valence-corrected chi connectivity index (χ1v) is 12.9. The molecule has 1 aliphatic carbocycles. The number of nitrogens with zero attached hydrogens (tertiary/aromatic N) is 2. The highest BCUT2D eigenvalue weighted by molar-refractivity contribution is 6.36. The molecule has 0 fully saturated rings. The number of hydrogen-bond donors (Lipinski definition) is 1. The number of carbonyl (C=O) groups excluding carboxylic acids is 2. The van der Waals surface area contributed by atoms with E-state index in [4.69, 9.17) is 39.0 Å². The van der Waals surface area contributed by atoms with Crippen molar-refractivity contribution < 1.29 is 42.8 Å². The Morgan fingerprint density at radius 1 is 1.18 bits per heavy atom. The molecule has 0 spiro atoms. The summed E-state index contributed by atoms with van der Waals surface area (Å²) in [5.74, 6) is -0.142. The van der Waals surface area contributed by atoms with E-state index in [-0.39, 0.29) is 72.5 Å². The molecule has 0 amide bonds. The molecular formula is C28H31N3O9. The van der Waals surface area contributed by atoms with Gasteiger partial charge in [-0.2, -0.15) is 5.26 Å². The maximum atomic E-state index is 13.7. The fraction of sp³-hybridized carbons (Fsp3) is 0.500. The molecule has 2 atom stereocenters. The minimum Gasteiger partial charge on any atom is -0.492 e. The van der Waals surface area contributed by atoms with E-state index >= 15 is 0 Å². The molecule has 4 aliphatic rings. The molecule has 12 nitrogen and oxygen atoms in total. The zero-order valence-corrected chi connectivity index (χ0v) is 23.0. The van der Waals surface area contributed by atoms with Gasteiger partial charge >= 0.3 is 5.97 Å². The number of ether oxygens (including phenoxy) is 6. The lowest BCUT2D eigenvalue weighted by atomic mass is 9.69. The van der Waals surface area contributed by atoms with Crippen molar-refractivity contribution in [1.29, 1.82) is 5.26 Å². The minimum atomic E-state index is -0.933. The SMILES string of the molecule is CCOC(=O)C1=NOC(Cc2c(OC)c3c(c(OC)c2C2C(C#N)=C(N)OC4=C2C(=O)CC(C)(C)C4)OCO3)C1. The smallest absolute Gasteiger partial charge is 0.356 e. The highest BCUT2D eigenvalue weighted by Gasteiger charge is 2.47. The first-order chi connectivity index (χ1) is 19.1. The normalized spacial score (nSPS) is 22.6. The van der Waals surface area contributed by atoms with Gasteiger partial charge in [-0.25, -0.2) is 4.79 Å². The molecule has 3 aliphatic heterocycles. The molecule has 1 aromatic rings. The fourth-order valence-electron chi connectivity index (χ4n) is 5.73. The lowest BCUT2D eigenvalue weighted by molar-refractivity contribution is -0.135. The summed E-state index contributed by atoms with van der Waals surface area (Å²) in [5, 5.41) is 14.2. The van der Waals surface area contributed by atoms with Crippen LogP contribution in [0, 0.1) is 16.7 Å². The van der Waals surface area contributed by atoms with Crippen LogP contribution in [0.1, 0.15) is 57.1 Å². The standard InChI is InChI=1S/C28H31N3O9/c1-6-36-27(33)16-8-13(40-31-16)7-14-20(23(35-5)25-24(22(14)34-4)37-12-38-25)19-15(11-29)26(30)39-18-10-28(2,3)9-17(32)21(18)19/h13,19H,6-10,12,30H2,1-5H3. The fourth-order valence-corrected chi connectivity index (χ4v) is 5.73. The Labute approximate surface area is 231 Å². The Balaban J connectivity index is 1.71. The van der Waals surface area contributed by atoms with Crippen LogP contribution in [0.3, 0.4) is 0 Å². The molecule has 2 unspecified atom stereocenters. The first kappa shape index (κ1) is 27.2. The molecule has 2 N–H and O–H groups in total. The van der Waals surface area contributed by atoms with Crippen LogP contribution < -0.4 is 24.7 Å². The average Bonchev–Trinajstić information content (AvgIpc) is 3.57. The van der Waals surface area contributed by atoms with Crippen LogP contribution in [0.25, 0.3) is 0 Å². The monoisotopic (exact) mass is 553 g/mol. The van der Waals surface area contributed by atoms with Crippen molar-refractivity contribution >= 4 is 17.5 Å². The Morgan fingerprint density at radius 2 is 1.88 bits per heavy atom. The number of nitrogens with two attached hydrogens (primary N) is 1. The second-order valence-electron chi connectivity index (χ2n) is 10.6. The van der Waals surface area contributed by atoms with Crippen molar-refractivity contribution in [2.75, 3.05) is 27.6 Å². The Morgan fingerprint density at radius 3 is 2.52 bits per heavy atom. The van der Waals surface area contributed by atoms with Crippen LogP contribution in [-0.2, 0) is 30.3 Å². The van der Waals surface area contributed by atoms with E-state index in [0.717, 1.165) is 0 Å². The molecule has 0 saturated carbocycles. The van der Waals surface area contributed by atoms with Crippen LogP contribution in [0.5, 0.6) is 23.0 Å². The summed E-state index contributed by atoms with van der Waals surface area (Å²) in [7, 11) is 2.94. The third kappa shape index (κ3) is 4.45. The van der Waals surface area contributed by atoms with E-state index in [9.17, 15) is 14.9 Å². The van der Waals surface area contributed by atoms with Crippen molar-refractivity contribution in [3.63, 3.8) is 0 Å². The number of carbonyl (C=O) groups is 2. The number of hydrogen-bond acceptors (Lipinski definition) is 12. The van der Waals surface area contributed by atoms with Crippen LogP contribution >= 0.6 is 0 Å². The molecule has 212 valence electrons. The zero-order chi connectivity index (χ0) is 28.8. The number of rotatable bonds is 7. The minimum absolute atomic E-state index is 0.0584. The molecule has 1 aromatic carbocycles. The topological polar surface area (TPSA) is 161 Å². The van der Waals surface area contributed by atoms with Crippen molar-refractivity contribution in [2.45, 2.75) is 58.5 Å². The van der Waals surface area contributed by atoms with Gasteiger partial charge in [-0.05, 0) is 12.3 Å². The number of Topliss-reactive ketones (excluding diaryl/α,β-unsaturated/α-hetero) is 1. The van der Waals surface area contributed by atoms with E-state index in [1.807, 2.05) is 13.8 Å². The highest BCUT2D eigenvalue weighted by atomic mass is 16.7. The molecule has 0 aromatic heterocycles. The number of esters is 1. The van der Waals surface area contributed by atoms with Gasteiger partial charge in [0.05, 0.1) is 26.7 Å². The molecule has 0 radical (unpaired) electrons. The summed E-state index contributed by atoms with van der Waals surface area (Å²) in [4.78, 5) is 31.6. The van der Waals surface area contributed by atoms with Crippen molar-refractivity contribution in [3.05, 3.63) is 33.9 Å². The molecule has 0 bridgehead atoms. The Kier molecular flexibility index (Phi) is 6.99. The summed E-state index contributed by atoms with van der Waals surface area (Å²) in [6.45, 7) is 5.77. The number of benzene rings is 1. The van der Waals surface area contributed by atoms with Crippen molar-refractivity contribution in [1.82, 2.24) is 0 Å². The van der Waals surface area contributed by atoms with E-state index in [1.165, 1.54) is 14.2 Å². The van der Waals surface area contributed by atoms with E-state index in [2.05, 4.69) is 11.2 Å². The molecule has 0 saturated heterocycles. The van der Waals surface area contributed by atoms with E-state index < -0.39 is 18.0 Å². The quantitative estimate of drug-likeness (QED) is 0.494. The molecule has 5 rings (SSSR count). The van der Waals surface area contributed by atoms with Crippen LogP contribution in [0.4, 0.5) is 0 Å². The third-order valence-electron chi connectivity index (χ3n) is 7.32. The van der Waals surface area contributed by atoms with Gasteiger partial charge in [-0.1, -0.05) is 19.0 Å². The van der Waals surface area contributed by atoms with E-state index in [1.54, 1.807) is 6.92 Å². The molecule has 12 heteroatoms. The molecular weight excluding hydrogens is 522 g/mol. The lowest BCUT2D eigenvalue weighted by Gasteiger charge is -2.38. The Bertz CT molecular complexity index is 1420.